The fraction of sp³-hybridized carbons (Fsp3) is 0.316. The smallest absolute Gasteiger partial charge is 0.0346 e. The van der Waals surface area contributed by atoms with Gasteiger partial charge in [-0.1, -0.05) is 36.4 Å². The number of rotatable bonds is 2. The lowest BCUT2D eigenvalue weighted by atomic mass is 9.84. The summed E-state index contributed by atoms with van der Waals surface area (Å²) in [7, 11) is 0. The van der Waals surface area contributed by atoms with Gasteiger partial charge in [0.1, 0.15) is 0 Å². The second kappa shape index (κ2) is 5.45. The van der Waals surface area contributed by atoms with Crippen LogP contribution in [0.3, 0.4) is 0 Å². The molecular weight excluding hydrogens is 256 g/mol. The van der Waals surface area contributed by atoms with E-state index in [4.69, 9.17) is 0 Å². The number of hydrogen-bond donors (Lipinski definition) is 1. The van der Waals surface area contributed by atoms with Crippen molar-refractivity contribution in [2.24, 2.45) is 0 Å². The summed E-state index contributed by atoms with van der Waals surface area (Å²) < 4.78 is 0. The summed E-state index contributed by atoms with van der Waals surface area (Å²) in [6.07, 6.45) is 11.3. The van der Waals surface area contributed by atoms with Crippen molar-refractivity contribution < 1.29 is 0 Å². The summed E-state index contributed by atoms with van der Waals surface area (Å²) in [6, 6.07) is 14.2. The van der Waals surface area contributed by atoms with E-state index in [2.05, 4.69) is 52.8 Å². The van der Waals surface area contributed by atoms with Crippen molar-refractivity contribution >= 4 is 5.57 Å². The maximum atomic E-state index is 4.46. The van der Waals surface area contributed by atoms with E-state index in [0.29, 0.717) is 6.04 Å². The molecule has 106 valence electrons. The minimum atomic E-state index is 0.704. The molecule has 1 aliphatic carbocycles. The third-order valence-electron chi connectivity index (χ3n) is 4.67. The quantitative estimate of drug-likeness (QED) is 0.895. The van der Waals surface area contributed by atoms with Gasteiger partial charge in [-0.25, -0.2) is 0 Å². The van der Waals surface area contributed by atoms with Crippen molar-refractivity contribution in [2.75, 3.05) is 0 Å². The highest BCUT2D eigenvalue weighted by atomic mass is 15.0. The largest absolute Gasteiger partial charge is 0.311 e. The van der Waals surface area contributed by atoms with Gasteiger partial charge in [0.05, 0.1) is 0 Å². The first-order valence-corrected chi connectivity index (χ1v) is 7.84. The minimum Gasteiger partial charge on any atom is -0.311 e. The Labute approximate surface area is 125 Å². The zero-order chi connectivity index (χ0) is 14.1. The zero-order valence-electron chi connectivity index (χ0n) is 12.1. The van der Waals surface area contributed by atoms with Crippen LogP contribution in [0.1, 0.15) is 31.2 Å². The molecule has 2 nitrogen and oxygen atoms in total. The van der Waals surface area contributed by atoms with Gasteiger partial charge >= 0.3 is 0 Å². The molecule has 1 aromatic heterocycles. The Morgan fingerprint density at radius 1 is 0.952 bits per heavy atom. The van der Waals surface area contributed by atoms with Crippen LogP contribution < -0.4 is 5.32 Å². The van der Waals surface area contributed by atoms with Gasteiger partial charge in [-0.15, -0.1) is 0 Å². The van der Waals surface area contributed by atoms with Crippen molar-refractivity contribution in [1.29, 1.82) is 0 Å². The molecule has 2 aromatic rings. The fourth-order valence-electron chi connectivity index (χ4n) is 3.40. The monoisotopic (exact) mass is 276 g/mol. The zero-order valence-corrected chi connectivity index (χ0v) is 12.1. The lowest BCUT2D eigenvalue weighted by Gasteiger charge is -2.39. The van der Waals surface area contributed by atoms with Crippen LogP contribution in [0.5, 0.6) is 0 Å². The number of pyridine rings is 1. The van der Waals surface area contributed by atoms with E-state index in [1.807, 2.05) is 12.4 Å². The summed E-state index contributed by atoms with van der Waals surface area (Å²) in [4.78, 5) is 4.46. The van der Waals surface area contributed by atoms with E-state index in [0.717, 1.165) is 18.9 Å². The fourth-order valence-corrected chi connectivity index (χ4v) is 3.40. The average Bonchev–Trinajstić information content (AvgIpc) is 2.46. The molecular formula is C19H20N2. The van der Waals surface area contributed by atoms with E-state index in [1.54, 1.807) is 0 Å². The second-order valence-corrected chi connectivity index (χ2v) is 6.13. The first-order valence-electron chi connectivity index (χ1n) is 7.84. The highest BCUT2D eigenvalue weighted by molar-refractivity contribution is 5.71. The molecule has 2 aliphatic heterocycles. The molecule has 1 fully saturated rings. The van der Waals surface area contributed by atoms with Crippen LogP contribution in [0.25, 0.3) is 16.7 Å². The van der Waals surface area contributed by atoms with Gasteiger partial charge in [0.15, 0.2) is 0 Å². The number of benzene rings is 1. The van der Waals surface area contributed by atoms with Gasteiger partial charge in [0.2, 0.25) is 0 Å². The lowest BCUT2D eigenvalue weighted by molar-refractivity contribution is 0.251. The van der Waals surface area contributed by atoms with E-state index in [9.17, 15) is 0 Å². The van der Waals surface area contributed by atoms with Crippen LogP contribution in [-0.2, 0) is 0 Å². The van der Waals surface area contributed by atoms with E-state index >= 15 is 0 Å². The van der Waals surface area contributed by atoms with E-state index in [1.165, 1.54) is 35.1 Å². The topological polar surface area (TPSA) is 24.9 Å². The van der Waals surface area contributed by atoms with Crippen molar-refractivity contribution in [1.82, 2.24) is 10.3 Å². The number of allylic oxidation sites excluding steroid dienone is 1. The van der Waals surface area contributed by atoms with E-state index in [-0.39, 0.29) is 0 Å². The number of nitrogens with one attached hydrogen (secondary N) is 1. The Hall–Kier alpha value is -1.93. The first-order chi connectivity index (χ1) is 10.4. The summed E-state index contributed by atoms with van der Waals surface area (Å²) in [6.45, 7) is 0. The normalized spacial score (nSPS) is 24.5. The molecule has 0 spiro atoms. The van der Waals surface area contributed by atoms with Crippen molar-refractivity contribution in [3.63, 3.8) is 0 Å². The molecule has 2 atom stereocenters. The third-order valence-corrected chi connectivity index (χ3v) is 4.67. The standard InChI is InChI=1S/C19H20N2/c1-2-4-14(5-3-1)16-10-17(13-20-12-16)15-6-8-18-11-19(21-18)9-7-15/h1-6,10,12-13,18-19,21H,7-9,11H2. The number of fused-ring (bicyclic) bond motifs is 3. The van der Waals surface area contributed by atoms with Gasteiger partial charge in [-0.3, -0.25) is 4.98 Å². The summed E-state index contributed by atoms with van der Waals surface area (Å²) in [5, 5.41) is 3.63. The van der Waals surface area contributed by atoms with Crippen LogP contribution in [0.15, 0.2) is 54.9 Å². The van der Waals surface area contributed by atoms with E-state index < -0.39 is 0 Å². The Balaban J connectivity index is 1.64. The molecule has 2 unspecified atom stereocenters. The van der Waals surface area contributed by atoms with Gasteiger partial charge in [0.25, 0.3) is 0 Å². The van der Waals surface area contributed by atoms with Gasteiger partial charge in [-0.05, 0) is 48.4 Å². The second-order valence-electron chi connectivity index (χ2n) is 6.13. The molecule has 21 heavy (non-hydrogen) atoms. The Kier molecular flexibility index (Phi) is 3.32. The molecule has 2 bridgehead atoms. The average molecular weight is 276 g/mol. The summed E-state index contributed by atoms with van der Waals surface area (Å²) in [5.74, 6) is 0. The molecule has 1 N–H and O–H groups in total. The molecule has 0 radical (unpaired) electrons. The highest BCUT2D eigenvalue weighted by Gasteiger charge is 2.28. The third kappa shape index (κ3) is 2.64. The molecule has 0 amide bonds. The maximum absolute atomic E-state index is 4.46. The predicted molar refractivity (Wildman–Crippen MR) is 86.8 cm³/mol. The van der Waals surface area contributed by atoms with Crippen LogP contribution in [-0.4, -0.2) is 17.1 Å². The van der Waals surface area contributed by atoms with Crippen LogP contribution in [0.2, 0.25) is 0 Å². The van der Waals surface area contributed by atoms with Gasteiger partial charge in [-0.2, -0.15) is 0 Å². The number of hydrogen-bond acceptors (Lipinski definition) is 2. The van der Waals surface area contributed by atoms with Crippen LogP contribution in [0, 0.1) is 0 Å². The molecule has 0 saturated carbocycles. The van der Waals surface area contributed by atoms with Crippen molar-refractivity contribution in [3.8, 4) is 11.1 Å². The molecule has 3 heterocycles. The predicted octanol–water partition coefficient (Wildman–Crippen LogP) is 4.05. The maximum Gasteiger partial charge on any atom is 0.0346 e. The van der Waals surface area contributed by atoms with Crippen LogP contribution in [0.4, 0.5) is 0 Å². The lowest BCUT2D eigenvalue weighted by Crippen LogP contribution is -2.52. The van der Waals surface area contributed by atoms with Crippen LogP contribution >= 0.6 is 0 Å². The Bertz CT molecular complexity index is 654. The van der Waals surface area contributed by atoms with Gasteiger partial charge < -0.3 is 5.32 Å². The summed E-state index contributed by atoms with van der Waals surface area (Å²) >= 11 is 0. The number of aromatic nitrogens is 1. The molecule has 1 aromatic carbocycles. The summed E-state index contributed by atoms with van der Waals surface area (Å²) in [5.41, 5.74) is 5.20. The Morgan fingerprint density at radius 2 is 1.76 bits per heavy atom. The minimum absolute atomic E-state index is 0.704. The Morgan fingerprint density at radius 3 is 2.62 bits per heavy atom. The molecule has 2 heteroatoms. The highest BCUT2D eigenvalue weighted by Crippen LogP contribution is 2.31. The first kappa shape index (κ1) is 12.8. The number of nitrogens with zero attached hydrogens (tertiary/aromatic N) is 1. The molecule has 5 rings (SSSR count). The SMILES string of the molecule is C1=C(c2cncc(-c3ccccc3)c2)CCC2CC(C1)N2. The van der Waals surface area contributed by atoms with Gasteiger partial charge in [0, 0.05) is 30.0 Å². The van der Waals surface area contributed by atoms with Crippen molar-refractivity contribution in [3.05, 3.63) is 60.4 Å². The molecule has 1 saturated heterocycles. The van der Waals surface area contributed by atoms with Crippen molar-refractivity contribution in [2.45, 2.75) is 37.8 Å². The molecule has 3 aliphatic rings.